The Kier molecular flexibility index (Phi) is 16.0. The van der Waals surface area contributed by atoms with E-state index in [4.69, 9.17) is 9.47 Å². The second-order valence-electron chi connectivity index (χ2n) is 14.9. The monoisotopic (exact) mass is 733 g/mol. The van der Waals surface area contributed by atoms with E-state index in [1.807, 2.05) is 80.3 Å². The minimum atomic E-state index is -1.02. The number of ketones is 1. The molecule has 2 saturated heterocycles. The van der Waals surface area contributed by atoms with Crippen molar-refractivity contribution in [1.82, 2.24) is 26.2 Å². The number of hydrogen-bond acceptors (Lipinski definition) is 8. The molecule has 0 radical (unpaired) electrons. The standard InChI is InChI=1S/C41H59N5O7/c1-6-11-32(37(48)41(5)27-53-41)43-40(51)35(25-31-16-14-29(7-2)15-17-31)45-39(50)34(24-28(3)4)44-38(49)33(19-18-30-12-9-8-10-13-30)42-36(47)26-46-20-22-52-23-21-46/h8-10,12-17,28,32-35H,6-7,11,18-27H2,1-5H3,(H,42,47)(H,43,51)(H,44,49)(H,45,50)/t32-,33-,34-,35-,41+/m0/s1. The number of amides is 4. The van der Waals surface area contributed by atoms with Crippen LogP contribution in [0, 0.1) is 5.92 Å². The minimum Gasteiger partial charge on any atom is -0.379 e. The van der Waals surface area contributed by atoms with Crippen LogP contribution >= 0.6 is 0 Å². The fourth-order valence-electron chi connectivity index (χ4n) is 6.48. The Morgan fingerprint density at radius 3 is 1.92 bits per heavy atom. The lowest BCUT2D eigenvalue weighted by atomic mass is 9.96. The molecule has 2 fully saturated rings. The van der Waals surface area contributed by atoms with E-state index in [0.717, 1.165) is 23.1 Å². The van der Waals surface area contributed by atoms with Crippen LogP contribution in [0.2, 0.25) is 0 Å². The Labute approximate surface area is 314 Å². The average molecular weight is 734 g/mol. The third-order valence-electron chi connectivity index (χ3n) is 9.84. The van der Waals surface area contributed by atoms with Gasteiger partial charge in [-0.15, -0.1) is 0 Å². The van der Waals surface area contributed by atoms with Gasteiger partial charge in [-0.3, -0.25) is 28.9 Å². The molecule has 2 aromatic carbocycles. The summed E-state index contributed by atoms with van der Waals surface area (Å²) in [6, 6.07) is 13.9. The molecule has 0 saturated carbocycles. The van der Waals surface area contributed by atoms with Gasteiger partial charge in [-0.1, -0.05) is 88.7 Å². The maximum absolute atomic E-state index is 14.1. The lowest BCUT2D eigenvalue weighted by molar-refractivity contribution is -0.135. The van der Waals surface area contributed by atoms with E-state index < -0.39 is 47.5 Å². The number of rotatable bonds is 21. The van der Waals surface area contributed by atoms with E-state index >= 15 is 0 Å². The van der Waals surface area contributed by atoms with E-state index in [1.54, 1.807) is 6.92 Å². The highest BCUT2D eigenvalue weighted by Crippen LogP contribution is 2.29. The number of nitrogens with zero attached hydrogens (tertiary/aromatic N) is 1. The van der Waals surface area contributed by atoms with Crippen LogP contribution in [0.15, 0.2) is 54.6 Å². The van der Waals surface area contributed by atoms with Gasteiger partial charge >= 0.3 is 0 Å². The minimum absolute atomic E-state index is 0.0180. The number of Topliss-reactive ketones (excluding diaryl/α,β-unsaturated/α-hetero) is 1. The number of ether oxygens (including phenoxy) is 2. The summed E-state index contributed by atoms with van der Waals surface area (Å²) in [7, 11) is 0. The van der Waals surface area contributed by atoms with E-state index in [-0.39, 0.29) is 30.6 Å². The number of epoxide rings is 1. The number of hydrogen-bond donors (Lipinski definition) is 4. The third kappa shape index (κ3) is 13.3. The summed E-state index contributed by atoms with van der Waals surface area (Å²) < 4.78 is 10.8. The first-order valence-electron chi connectivity index (χ1n) is 19.2. The molecular weight excluding hydrogens is 674 g/mol. The van der Waals surface area contributed by atoms with E-state index in [0.29, 0.717) is 65.0 Å². The van der Waals surface area contributed by atoms with Crippen molar-refractivity contribution in [2.45, 2.75) is 109 Å². The summed E-state index contributed by atoms with van der Waals surface area (Å²) in [6.07, 6.45) is 3.31. The van der Waals surface area contributed by atoms with Crippen molar-refractivity contribution in [2.24, 2.45) is 5.92 Å². The molecule has 12 heteroatoms. The van der Waals surface area contributed by atoms with E-state index in [9.17, 15) is 24.0 Å². The summed E-state index contributed by atoms with van der Waals surface area (Å²) in [5.41, 5.74) is 2.09. The van der Waals surface area contributed by atoms with Gasteiger partial charge in [0.05, 0.1) is 32.4 Å². The van der Waals surface area contributed by atoms with Crippen molar-refractivity contribution in [3.05, 3.63) is 71.3 Å². The smallest absolute Gasteiger partial charge is 0.243 e. The first-order valence-corrected chi connectivity index (χ1v) is 19.2. The van der Waals surface area contributed by atoms with Crippen molar-refractivity contribution in [1.29, 1.82) is 0 Å². The molecule has 5 atom stereocenters. The first-order chi connectivity index (χ1) is 25.4. The molecule has 0 spiro atoms. The molecule has 0 bridgehead atoms. The highest BCUT2D eigenvalue weighted by Gasteiger charge is 2.50. The predicted octanol–water partition coefficient (Wildman–Crippen LogP) is 2.90. The van der Waals surface area contributed by atoms with E-state index in [1.165, 1.54) is 0 Å². The van der Waals surface area contributed by atoms with Crippen LogP contribution in [0.4, 0.5) is 0 Å². The van der Waals surface area contributed by atoms with Crippen LogP contribution in [0.5, 0.6) is 0 Å². The van der Waals surface area contributed by atoms with Gasteiger partial charge in [0, 0.05) is 19.5 Å². The maximum atomic E-state index is 14.1. The summed E-state index contributed by atoms with van der Waals surface area (Å²) in [6.45, 7) is 12.4. The van der Waals surface area contributed by atoms with Crippen LogP contribution in [-0.2, 0) is 52.7 Å². The molecule has 2 aromatic rings. The highest BCUT2D eigenvalue weighted by molar-refractivity contribution is 5.98. The number of nitrogens with one attached hydrogen (secondary N) is 4. The molecule has 2 heterocycles. The van der Waals surface area contributed by atoms with Crippen LogP contribution in [0.25, 0.3) is 0 Å². The van der Waals surface area contributed by atoms with Gasteiger partial charge in [0.1, 0.15) is 23.7 Å². The Morgan fingerprint density at radius 1 is 0.736 bits per heavy atom. The zero-order valence-electron chi connectivity index (χ0n) is 32.1. The molecule has 4 amide bonds. The van der Waals surface area contributed by atoms with Gasteiger partial charge in [0.15, 0.2) is 5.78 Å². The summed E-state index contributed by atoms with van der Waals surface area (Å²) >= 11 is 0. The molecule has 2 aliphatic rings. The first kappa shape index (κ1) is 41.6. The van der Waals surface area contributed by atoms with Gasteiger partial charge in [0.2, 0.25) is 23.6 Å². The van der Waals surface area contributed by atoms with Crippen LogP contribution in [-0.4, -0.2) is 104 Å². The van der Waals surface area contributed by atoms with Gasteiger partial charge in [-0.2, -0.15) is 0 Å². The number of carbonyl (C=O) groups is 5. The summed E-state index contributed by atoms with van der Waals surface area (Å²) in [4.78, 5) is 70.5. The van der Waals surface area contributed by atoms with Crippen molar-refractivity contribution in [3.63, 3.8) is 0 Å². The van der Waals surface area contributed by atoms with Crippen LogP contribution < -0.4 is 21.3 Å². The fourth-order valence-corrected chi connectivity index (χ4v) is 6.48. The zero-order valence-corrected chi connectivity index (χ0v) is 32.1. The molecule has 290 valence electrons. The number of morpholine rings is 1. The van der Waals surface area contributed by atoms with Crippen molar-refractivity contribution in [2.75, 3.05) is 39.5 Å². The highest BCUT2D eigenvalue weighted by atomic mass is 16.6. The maximum Gasteiger partial charge on any atom is 0.243 e. The SMILES string of the molecule is CCC[C@H](NC(=O)[C@H](Cc1ccc(CC)cc1)NC(=O)[C@H](CC(C)C)NC(=O)[C@H](CCc1ccccc1)NC(=O)CN1CCOCC1)C(=O)[C@@]1(C)CO1. The molecule has 0 aromatic heterocycles. The quantitative estimate of drug-likeness (QED) is 0.143. The van der Waals surface area contributed by atoms with Gasteiger partial charge in [-0.05, 0) is 61.6 Å². The molecule has 53 heavy (non-hydrogen) atoms. The Balaban J connectivity index is 1.52. The van der Waals surface area contributed by atoms with Gasteiger partial charge in [-0.25, -0.2) is 0 Å². The molecule has 2 aliphatic heterocycles. The molecule has 4 rings (SSSR count). The molecule has 4 N–H and O–H groups in total. The third-order valence-corrected chi connectivity index (χ3v) is 9.84. The van der Waals surface area contributed by atoms with E-state index in [2.05, 4.69) is 28.2 Å². The molecule has 0 aliphatic carbocycles. The second kappa shape index (κ2) is 20.4. The predicted molar refractivity (Wildman–Crippen MR) is 203 cm³/mol. The van der Waals surface area contributed by atoms with Crippen LogP contribution in [0.3, 0.4) is 0 Å². The topological polar surface area (TPSA) is 158 Å². The summed E-state index contributed by atoms with van der Waals surface area (Å²) in [5.74, 6) is -1.93. The van der Waals surface area contributed by atoms with Gasteiger partial charge < -0.3 is 30.7 Å². The Hall–Kier alpha value is -4.13. The van der Waals surface area contributed by atoms with Crippen LogP contribution in [0.1, 0.15) is 77.0 Å². The van der Waals surface area contributed by atoms with Gasteiger partial charge in [0.25, 0.3) is 0 Å². The zero-order chi connectivity index (χ0) is 38.4. The Bertz CT molecular complexity index is 1510. The average Bonchev–Trinajstić information content (AvgIpc) is 3.91. The lowest BCUT2D eigenvalue weighted by Gasteiger charge is -2.29. The number of carbonyl (C=O) groups excluding carboxylic acids is 5. The Morgan fingerprint density at radius 2 is 1.32 bits per heavy atom. The largest absolute Gasteiger partial charge is 0.379 e. The lowest BCUT2D eigenvalue weighted by Crippen LogP contribution is -2.59. The fraction of sp³-hybridized carbons (Fsp3) is 0.585. The molecule has 0 unspecified atom stereocenters. The molecular formula is C41H59N5O7. The normalized spacial score (nSPS) is 19.4. The van der Waals surface area contributed by atoms with Crippen molar-refractivity contribution >= 4 is 29.4 Å². The number of aryl methyl sites for hydroxylation is 2. The summed E-state index contributed by atoms with van der Waals surface area (Å²) in [5, 5.41) is 11.7. The second-order valence-corrected chi connectivity index (χ2v) is 14.9. The molecule has 12 nitrogen and oxygen atoms in total. The van der Waals surface area contributed by atoms with Crippen molar-refractivity contribution < 1.29 is 33.4 Å². The van der Waals surface area contributed by atoms with Crippen molar-refractivity contribution in [3.8, 4) is 0 Å². The number of benzene rings is 2.